The van der Waals surface area contributed by atoms with E-state index in [1.54, 1.807) is 12.1 Å². The van der Waals surface area contributed by atoms with Gasteiger partial charge in [-0.3, -0.25) is 4.90 Å². The fourth-order valence-electron chi connectivity index (χ4n) is 3.18. The molecule has 1 aliphatic heterocycles. The number of morpholine rings is 1. The van der Waals surface area contributed by atoms with Gasteiger partial charge in [0.2, 0.25) is 5.95 Å². The molecule has 2 N–H and O–H groups in total. The highest BCUT2D eigenvalue weighted by Gasteiger charge is 2.31. The molecule has 2 heterocycles. The van der Waals surface area contributed by atoms with Gasteiger partial charge >= 0.3 is 6.36 Å². The number of likely N-dealkylation sites (N-methyl/N-ethyl adjacent to an activating group) is 1. The van der Waals surface area contributed by atoms with Crippen molar-refractivity contribution in [2.24, 2.45) is 0 Å². The maximum Gasteiger partial charge on any atom is 0.573 e. The smallest absolute Gasteiger partial charge is 0.406 e. The average Bonchev–Trinajstić information content (AvgIpc) is 2.73. The van der Waals surface area contributed by atoms with Crippen LogP contribution in [-0.4, -0.2) is 92.7 Å². The Morgan fingerprint density at radius 2 is 1.88 bits per heavy atom. The Bertz CT molecular complexity index is 860. The summed E-state index contributed by atoms with van der Waals surface area (Å²) in [5.74, 6) is 0.704. The summed E-state index contributed by atoms with van der Waals surface area (Å²) in [5.41, 5.74) is 0.995. The molecule has 0 aliphatic carbocycles. The summed E-state index contributed by atoms with van der Waals surface area (Å²) >= 11 is 0. The van der Waals surface area contributed by atoms with E-state index in [0.29, 0.717) is 36.1 Å². The zero-order chi connectivity index (χ0) is 23.0. The Morgan fingerprint density at radius 3 is 2.59 bits per heavy atom. The maximum absolute atomic E-state index is 12.6. The van der Waals surface area contributed by atoms with Crippen LogP contribution in [0.2, 0.25) is 0 Å². The highest BCUT2D eigenvalue weighted by atomic mass is 19.4. The summed E-state index contributed by atoms with van der Waals surface area (Å²) in [4.78, 5) is 13.3. The molecular weight excluding hydrogens is 425 g/mol. The lowest BCUT2D eigenvalue weighted by atomic mass is 10.1. The Hall–Kier alpha value is -2.63. The van der Waals surface area contributed by atoms with E-state index in [1.807, 2.05) is 19.0 Å². The Kier molecular flexibility index (Phi) is 8.48. The molecule has 0 bridgehead atoms. The molecular formula is C21H29F3N6O2. The van der Waals surface area contributed by atoms with E-state index in [2.05, 4.69) is 30.2 Å². The van der Waals surface area contributed by atoms with Gasteiger partial charge < -0.3 is 25.0 Å². The van der Waals surface area contributed by atoms with Crippen LogP contribution in [0.1, 0.15) is 0 Å². The molecule has 0 radical (unpaired) electrons. The third-order valence-corrected chi connectivity index (χ3v) is 4.77. The van der Waals surface area contributed by atoms with Gasteiger partial charge in [0, 0.05) is 50.9 Å². The lowest BCUT2D eigenvalue weighted by Gasteiger charge is -2.26. The second kappa shape index (κ2) is 11.3. The second-order valence-electron chi connectivity index (χ2n) is 7.65. The summed E-state index contributed by atoms with van der Waals surface area (Å²) in [7, 11) is 3.92. The van der Waals surface area contributed by atoms with Crippen molar-refractivity contribution in [3.05, 3.63) is 30.3 Å². The molecule has 3 rings (SSSR count). The summed E-state index contributed by atoms with van der Waals surface area (Å²) in [5, 5.41) is 6.48. The predicted octanol–water partition coefficient (Wildman–Crippen LogP) is 2.76. The van der Waals surface area contributed by atoms with Crippen molar-refractivity contribution in [3.8, 4) is 17.0 Å². The Balaban J connectivity index is 1.75. The number of anilines is 2. The van der Waals surface area contributed by atoms with Gasteiger partial charge in [0.05, 0.1) is 18.9 Å². The third kappa shape index (κ3) is 8.13. The van der Waals surface area contributed by atoms with Gasteiger partial charge in [-0.2, -0.15) is 4.98 Å². The van der Waals surface area contributed by atoms with Gasteiger partial charge in [0.25, 0.3) is 0 Å². The number of alkyl halides is 3. The molecule has 32 heavy (non-hydrogen) atoms. The van der Waals surface area contributed by atoms with Crippen LogP contribution in [0, 0.1) is 0 Å². The molecule has 8 nitrogen and oxygen atoms in total. The number of benzene rings is 1. The van der Waals surface area contributed by atoms with Crippen LogP contribution in [0.3, 0.4) is 0 Å². The van der Waals surface area contributed by atoms with Gasteiger partial charge in [-0.25, -0.2) is 4.98 Å². The van der Waals surface area contributed by atoms with Gasteiger partial charge in [-0.05, 0) is 26.2 Å². The lowest BCUT2D eigenvalue weighted by Crippen LogP contribution is -2.39. The zero-order valence-corrected chi connectivity index (χ0v) is 18.3. The van der Waals surface area contributed by atoms with Crippen LogP contribution >= 0.6 is 0 Å². The molecule has 176 valence electrons. The number of ether oxygens (including phenoxy) is 2. The van der Waals surface area contributed by atoms with Crippen molar-refractivity contribution >= 4 is 11.8 Å². The molecule has 1 aliphatic rings. The molecule has 1 saturated heterocycles. The van der Waals surface area contributed by atoms with E-state index in [4.69, 9.17) is 4.74 Å². The highest BCUT2D eigenvalue weighted by molar-refractivity contribution is 5.65. The summed E-state index contributed by atoms with van der Waals surface area (Å²) in [6, 6.07) is 7.49. The van der Waals surface area contributed by atoms with Crippen LogP contribution < -0.4 is 15.4 Å². The van der Waals surface area contributed by atoms with Crippen molar-refractivity contribution < 1.29 is 22.6 Å². The summed E-state index contributed by atoms with van der Waals surface area (Å²) in [6.07, 6.45) is -4.75. The molecule has 0 spiro atoms. The molecule has 1 aromatic carbocycles. The van der Waals surface area contributed by atoms with E-state index >= 15 is 0 Å². The van der Waals surface area contributed by atoms with Crippen LogP contribution in [0.25, 0.3) is 11.3 Å². The first-order valence-corrected chi connectivity index (χ1v) is 10.5. The molecule has 1 aromatic heterocycles. The zero-order valence-electron chi connectivity index (χ0n) is 18.3. The number of nitrogens with one attached hydrogen (secondary N) is 2. The maximum atomic E-state index is 12.6. The van der Waals surface area contributed by atoms with Gasteiger partial charge in [-0.1, -0.05) is 12.1 Å². The minimum Gasteiger partial charge on any atom is -0.406 e. The monoisotopic (exact) mass is 454 g/mol. The largest absolute Gasteiger partial charge is 0.573 e. The molecule has 0 atom stereocenters. The van der Waals surface area contributed by atoms with Crippen molar-refractivity contribution in [1.29, 1.82) is 0 Å². The SMILES string of the molecule is CN(C)CCNc1nc(NCCN2CCOCC2)cc(-c2cccc(OC(F)(F)F)c2)n1. The van der Waals surface area contributed by atoms with Gasteiger partial charge in [0.15, 0.2) is 0 Å². The van der Waals surface area contributed by atoms with Crippen LogP contribution in [0.15, 0.2) is 30.3 Å². The molecule has 0 amide bonds. The minimum atomic E-state index is -4.75. The Labute approximate surface area is 185 Å². The normalized spacial score (nSPS) is 15.1. The number of hydrogen-bond donors (Lipinski definition) is 2. The Morgan fingerprint density at radius 1 is 1.09 bits per heavy atom. The number of halogens is 3. The second-order valence-corrected chi connectivity index (χ2v) is 7.65. The summed E-state index contributed by atoms with van der Waals surface area (Å²) in [6.45, 7) is 6.15. The first-order valence-electron chi connectivity index (χ1n) is 10.5. The number of hydrogen-bond acceptors (Lipinski definition) is 8. The van der Waals surface area contributed by atoms with Crippen LogP contribution in [0.4, 0.5) is 24.9 Å². The molecule has 1 fully saturated rings. The predicted molar refractivity (Wildman–Crippen MR) is 117 cm³/mol. The molecule has 11 heteroatoms. The molecule has 0 unspecified atom stereocenters. The molecule has 2 aromatic rings. The van der Waals surface area contributed by atoms with E-state index in [9.17, 15) is 13.2 Å². The van der Waals surface area contributed by atoms with Crippen molar-refractivity contribution in [1.82, 2.24) is 19.8 Å². The fraction of sp³-hybridized carbons (Fsp3) is 0.524. The van der Waals surface area contributed by atoms with E-state index in [-0.39, 0.29) is 5.75 Å². The topological polar surface area (TPSA) is 74.8 Å². The van der Waals surface area contributed by atoms with Gasteiger partial charge in [0.1, 0.15) is 11.6 Å². The summed E-state index contributed by atoms with van der Waals surface area (Å²) < 4.78 is 47.3. The van der Waals surface area contributed by atoms with Crippen LogP contribution in [-0.2, 0) is 4.74 Å². The number of aromatic nitrogens is 2. The first-order chi connectivity index (χ1) is 15.3. The first kappa shape index (κ1) is 24.0. The standard InChI is InChI=1S/C21H29F3N6O2/c1-29(2)8-6-26-20-27-18(16-4-3-5-17(14-16)32-21(22,23)24)15-19(28-20)25-7-9-30-10-12-31-13-11-30/h3-5,14-15H,6-13H2,1-2H3,(H2,25,26,27,28). The number of nitrogens with zero attached hydrogens (tertiary/aromatic N) is 4. The average molecular weight is 454 g/mol. The lowest BCUT2D eigenvalue weighted by molar-refractivity contribution is -0.274. The fourth-order valence-corrected chi connectivity index (χ4v) is 3.18. The number of rotatable bonds is 10. The van der Waals surface area contributed by atoms with Crippen LogP contribution in [0.5, 0.6) is 5.75 Å². The highest BCUT2D eigenvalue weighted by Crippen LogP contribution is 2.28. The van der Waals surface area contributed by atoms with Gasteiger partial charge in [-0.15, -0.1) is 13.2 Å². The van der Waals surface area contributed by atoms with E-state index < -0.39 is 6.36 Å². The quantitative estimate of drug-likeness (QED) is 0.568. The molecule has 0 saturated carbocycles. The van der Waals surface area contributed by atoms with Crippen molar-refractivity contribution in [3.63, 3.8) is 0 Å². The van der Waals surface area contributed by atoms with E-state index in [1.165, 1.54) is 18.2 Å². The van der Waals surface area contributed by atoms with E-state index in [0.717, 1.165) is 39.4 Å². The third-order valence-electron chi connectivity index (χ3n) is 4.77. The van der Waals surface area contributed by atoms with Crippen molar-refractivity contribution in [2.45, 2.75) is 6.36 Å². The minimum absolute atomic E-state index is 0.294. The van der Waals surface area contributed by atoms with Crippen molar-refractivity contribution in [2.75, 3.05) is 77.2 Å².